The van der Waals surface area contributed by atoms with E-state index in [2.05, 4.69) is 37.8 Å². The average molecular weight is 625 g/mol. The van der Waals surface area contributed by atoms with Crippen LogP contribution in [0.1, 0.15) is 104 Å². The number of nitrogens with zero attached hydrogens (tertiary/aromatic N) is 2. The molecule has 3 aromatic rings. The number of carbonyl (C=O) groups is 1. The quantitative estimate of drug-likeness (QED) is 0.134. The van der Waals surface area contributed by atoms with Gasteiger partial charge in [-0.1, -0.05) is 50.8 Å². The molecule has 0 spiro atoms. The first kappa shape index (κ1) is 34.4. The summed E-state index contributed by atoms with van der Waals surface area (Å²) in [5.41, 5.74) is 1.66. The van der Waals surface area contributed by atoms with Gasteiger partial charge in [-0.05, 0) is 104 Å². The van der Waals surface area contributed by atoms with Gasteiger partial charge in [0.1, 0.15) is 34.8 Å². The van der Waals surface area contributed by atoms with Crippen LogP contribution < -0.4 is 9.47 Å². The van der Waals surface area contributed by atoms with Crippen molar-refractivity contribution < 1.29 is 23.0 Å². The van der Waals surface area contributed by atoms with E-state index in [1.165, 1.54) is 75.8 Å². The molecule has 7 heteroatoms. The monoisotopic (exact) mass is 624 g/mol. The van der Waals surface area contributed by atoms with Crippen molar-refractivity contribution in [3.05, 3.63) is 107 Å². The average Bonchev–Trinajstić information content (AvgIpc) is 3.08. The van der Waals surface area contributed by atoms with Gasteiger partial charge < -0.3 is 9.47 Å². The van der Waals surface area contributed by atoms with Crippen molar-refractivity contribution >= 4 is 5.97 Å². The molecule has 240 valence electrons. The van der Waals surface area contributed by atoms with E-state index in [1.807, 2.05) is 12.1 Å². The van der Waals surface area contributed by atoms with Crippen LogP contribution in [0, 0.1) is 52.1 Å². The lowest BCUT2D eigenvalue weighted by Crippen LogP contribution is -2.20. The molecule has 2 saturated carbocycles. The zero-order chi connectivity index (χ0) is 32.9. The fourth-order valence-corrected chi connectivity index (χ4v) is 6.40. The second kappa shape index (κ2) is 17.3. The van der Waals surface area contributed by atoms with Crippen molar-refractivity contribution in [2.45, 2.75) is 77.0 Å². The predicted octanol–water partition coefficient (Wildman–Crippen LogP) is 10.1. The Kier molecular flexibility index (Phi) is 12.9. The molecule has 0 N–H and O–H groups in total. The molecule has 5 nitrogen and oxygen atoms in total. The third kappa shape index (κ3) is 9.75. The van der Waals surface area contributed by atoms with Crippen LogP contribution in [0.3, 0.4) is 0 Å². The number of rotatable bonds is 9. The summed E-state index contributed by atoms with van der Waals surface area (Å²) in [6.45, 7) is 6.76. The van der Waals surface area contributed by atoms with Crippen LogP contribution in [0.5, 0.6) is 11.5 Å². The lowest BCUT2D eigenvalue weighted by atomic mass is 9.79. The molecular formula is C39H42F2N2O3. The molecule has 3 aromatic carbocycles. The number of halogens is 2. The fourth-order valence-electron chi connectivity index (χ4n) is 6.40. The lowest BCUT2D eigenvalue weighted by Gasteiger charge is -2.28. The summed E-state index contributed by atoms with van der Waals surface area (Å²) < 4.78 is 38.2. The van der Waals surface area contributed by atoms with Gasteiger partial charge in [0.2, 0.25) is 0 Å². The second-order valence-corrected chi connectivity index (χ2v) is 12.4. The maximum absolute atomic E-state index is 13.6. The number of ether oxygens (including phenoxy) is 2. The number of esters is 1. The van der Waals surface area contributed by atoms with Crippen molar-refractivity contribution in [2.24, 2.45) is 17.8 Å². The minimum atomic E-state index is -1.08. The van der Waals surface area contributed by atoms with E-state index >= 15 is 0 Å². The molecule has 0 heterocycles. The molecule has 2 fully saturated rings. The van der Waals surface area contributed by atoms with Crippen LogP contribution >= 0.6 is 0 Å². The van der Waals surface area contributed by atoms with Gasteiger partial charge >= 0.3 is 5.97 Å². The first-order chi connectivity index (χ1) is 22.3. The molecule has 0 bridgehead atoms. The molecule has 2 aliphatic carbocycles. The van der Waals surface area contributed by atoms with Crippen LogP contribution in [0.4, 0.5) is 8.78 Å². The molecule has 0 unspecified atom stereocenters. The van der Waals surface area contributed by atoms with Crippen molar-refractivity contribution in [1.29, 1.82) is 10.5 Å². The molecule has 5 rings (SSSR count). The zero-order valence-electron chi connectivity index (χ0n) is 26.5. The van der Waals surface area contributed by atoms with Gasteiger partial charge in [-0.2, -0.15) is 10.5 Å². The van der Waals surface area contributed by atoms with Crippen molar-refractivity contribution in [3.8, 4) is 23.6 Å². The van der Waals surface area contributed by atoms with Crippen LogP contribution in [-0.4, -0.2) is 12.6 Å². The molecule has 0 aromatic heterocycles. The Bertz CT molecular complexity index is 1500. The molecular weight excluding hydrogens is 582 g/mol. The summed E-state index contributed by atoms with van der Waals surface area (Å²) in [7, 11) is 0. The molecule has 0 atom stereocenters. The number of allylic oxidation sites excluding steroid dienone is 1. The molecule has 0 aliphatic heterocycles. The standard InChI is InChI=1S/C24H25F2NO3.C15H17N/c1-2-3-16-4-6-17(7-5-16)15-29-19-10-8-18(9-11-19)24(28)30-20-12-22(25)21(14-27)23(26)13-20;1-2-12-3-7-14(8-4-12)15-9-5-13(11-16)6-10-15/h8-13,16-17H,2-7,15H2,1H3;2,5-6,9-10,12,14H,1,3-4,7-8H2. The van der Waals surface area contributed by atoms with Gasteiger partial charge in [-0.15, -0.1) is 6.58 Å². The Balaban J connectivity index is 0.000000252. The van der Waals surface area contributed by atoms with Crippen LogP contribution in [0.25, 0.3) is 0 Å². The summed E-state index contributed by atoms with van der Waals surface area (Å²) in [6.07, 6.45) is 14.6. The number of nitriles is 2. The van der Waals surface area contributed by atoms with Crippen molar-refractivity contribution in [2.75, 3.05) is 6.61 Å². The fraction of sp³-hybridized carbons (Fsp3) is 0.410. The zero-order valence-corrected chi connectivity index (χ0v) is 26.5. The smallest absolute Gasteiger partial charge is 0.343 e. The van der Waals surface area contributed by atoms with Gasteiger partial charge in [0.15, 0.2) is 0 Å². The molecule has 0 saturated heterocycles. The Labute approximate surface area is 271 Å². The first-order valence-corrected chi connectivity index (χ1v) is 16.3. The Morgan fingerprint density at radius 3 is 2.00 bits per heavy atom. The molecule has 2 aliphatic rings. The highest BCUT2D eigenvalue weighted by Crippen LogP contribution is 2.36. The Morgan fingerprint density at radius 1 is 0.848 bits per heavy atom. The van der Waals surface area contributed by atoms with E-state index in [-0.39, 0.29) is 11.3 Å². The normalized spacial score (nSPS) is 20.6. The number of hydrogen-bond acceptors (Lipinski definition) is 5. The summed E-state index contributed by atoms with van der Waals surface area (Å²) in [5.74, 6) is 0.280. The largest absolute Gasteiger partial charge is 0.493 e. The van der Waals surface area contributed by atoms with E-state index in [0.29, 0.717) is 24.2 Å². The minimum Gasteiger partial charge on any atom is -0.493 e. The Hall–Kier alpha value is -4.49. The van der Waals surface area contributed by atoms with Crippen LogP contribution in [-0.2, 0) is 0 Å². The van der Waals surface area contributed by atoms with E-state index in [9.17, 15) is 13.6 Å². The maximum atomic E-state index is 13.6. The molecule has 0 radical (unpaired) electrons. The van der Waals surface area contributed by atoms with Gasteiger partial charge in [-0.3, -0.25) is 0 Å². The maximum Gasteiger partial charge on any atom is 0.343 e. The summed E-state index contributed by atoms with van der Waals surface area (Å²) in [6, 6.07) is 19.7. The van der Waals surface area contributed by atoms with Gasteiger partial charge in [0.25, 0.3) is 0 Å². The van der Waals surface area contributed by atoms with Crippen molar-refractivity contribution in [1.82, 2.24) is 0 Å². The van der Waals surface area contributed by atoms with Crippen LogP contribution in [0.15, 0.2) is 73.3 Å². The summed E-state index contributed by atoms with van der Waals surface area (Å²) in [5, 5.41) is 17.4. The number of hydrogen-bond donors (Lipinski definition) is 0. The van der Waals surface area contributed by atoms with E-state index in [0.717, 1.165) is 29.5 Å². The third-order valence-corrected chi connectivity index (χ3v) is 9.19. The highest BCUT2D eigenvalue weighted by atomic mass is 19.1. The van der Waals surface area contributed by atoms with Gasteiger partial charge in [-0.25, -0.2) is 13.6 Å². The highest BCUT2D eigenvalue weighted by Gasteiger charge is 2.22. The molecule has 46 heavy (non-hydrogen) atoms. The Morgan fingerprint density at radius 2 is 1.46 bits per heavy atom. The SMILES string of the molecule is C=CC1CCC(c2ccc(C#N)cc2)CC1.CCCC1CCC(COc2ccc(C(=O)Oc3cc(F)c(C#N)c(F)c3)cc2)CC1. The third-order valence-electron chi connectivity index (χ3n) is 9.19. The van der Waals surface area contributed by atoms with E-state index < -0.39 is 23.2 Å². The number of benzene rings is 3. The number of carbonyl (C=O) groups excluding carboxylic acids is 1. The van der Waals surface area contributed by atoms with Crippen LogP contribution in [0.2, 0.25) is 0 Å². The van der Waals surface area contributed by atoms with E-state index in [1.54, 1.807) is 24.3 Å². The molecule has 0 amide bonds. The van der Waals surface area contributed by atoms with Gasteiger partial charge in [0, 0.05) is 12.1 Å². The van der Waals surface area contributed by atoms with E-state index in [4.69, 9.17) is 20.0 Å². The minimum absolute atomic E-state index is 0.229. The first-order valence-electron chi connectivity index (χ1n) is 16.3. The predicted molar refractivity (Wildman–Crippen MR) is 174 cm³/mol. The van der Waals surface area contributed by atoms with Crippen molar-refractivity contribution in [3.63, 3.8) is 0 Å². The second-order valence-electron chi connectivity index (χ2n) is 12.4. The lowest BCUT2D eigenvalue weighted by molar-refractivity contribution is 0.0734. The topological polar surface area (TPSA) is 83.1 Å². The van der Waals surface area contributed by atoms with Gasteiger partial charge in [0.05, 0.1) is 23.8 Å². The summed E-state index contributed by atoms with van der Waals surface area (Å²) in [4.78, 5) is 12.2. The summed E-state index contributed by atoms with van der Waals surface area (Å²) >= 11 is 0. The highest BCUT2D eigenvalue weighted by molar-refractivity contribution is 5.91.